The molecule has 1 amide bonds. The first-order valence-corrected chi connectivity index (χ1v) is 5.98. The summed E-state index contributed by atoms with van der Waals surface area (Å²) in [5, 5.41) is 2.82. The lowest BCUT2D eigenvalue weighted by atomic mass is 10.0. The Hall–Kier alpha value is -2.23. The maximum Gasteiger partial charge on any atom is 0.255 e. The topological polar surface area (TPSA) is 42.0 Å². The molecule has 2 aromatic rings. The van der Waals surface area contributed by atoms with Gasteiger partial charge in [-0.2, -0.15) is 4.39 Å². The first-order valence-electron chi connectivity index (χ1n) is 5.98. The number of nitrogens with zero attached hydrogens (tertiary/aromatic N) is 1. The minimum atomic E-state index is -0.662. The molecule has 0 spiro atoms. The fourth-order valence-electron chi connectivity index (χ4n) is 2.11. The molecular formula is C15H15FN2O. The highest BCUT2D eigenvalue weighted by molar-refractivity contribution is 6.05. The van der Waals surface area contributed by atoms with E-state index in [1.54, 1.807) is 0 Å². The number of rotatable bonds is 2. The van der Waals surface area contributed by atoms with Crippen molar-refractivity contribution in [2.45, 2.75) is 20.8 Å². The summed E-state index contributed by atoms with van der Waals surface area (Å²) >= 11 is 0. The van der Waals surface area contributed by atoms with Crippen LogP contribution in [0.1, 0.15) is 27.0 Å². The van der Waals surface area contributed by atoms with Crippen molar-refractivity contribution in [2.24, 2.45) is 0 Å². The molecule has 0 unspecified atom stereocenters. The van der Waals surface area contributed by atoms with Crippen LogP contribution in [0.25, 0.3) is 0 Å². The van der Waals surface area contributed by atoms with E-state index in [1.807, 2.05) is 32.9 Å². The number of benzene rings is 1. The van der Waals surface area contributed by atoms with Crippen LogP contribution in [0.4, 0.5) is 10.1 Å². The average Bonchev–Trinajstić information content (AvgIpc) is 2.33. The molecule has 2 rings (SSSR count). The van der Waals surface area contributed by atoms with E-state index in [9.17, 15) is 9.18 Å². The van der Waals surface area contributed by atoms with Crippen molar-refractivity contribution in [3.05, 3.63) is 58.7 Å². The van der Waals surface area contributed by atoms with Crippen molar-refractivity contribution >= 4 is 11.6 Å². The quantitative estimate of drug-likeness (QED) is 0.839. The smallest absolute Gasteiger partial charge is 0.255 e. The summed E-state index contributed by atoms with van der Waals surface area (Å²) in [6, 6.07) is 6.59. The van der Waals surface area contributed by atoms with Gasteiger partial charge in [0.2, 0.25) is 5.95 Å². The van der Waals surface area contributed by atoms with Crippen LogP contribution >= 0.6 is 0 Å². The second kappa shape index (κ2) is 5.18. The maximum atomic E-state index is 13.0. The molecule has 19 heavy (non-hydrogen) atoms. The Balaban J connectivity index is 2.29. The second-order valence-electron chi connectivity index (χ2n) is 4.60. The van der Waals surface area contributed by atoms with Crippen molar-refractivity contribution in [1.82, 2.24) is 4.98 Å². The molecular weight excluding hydrogens is 243 g/mol. The second-order valence-corrected chi connectivity index (χ2v) is 4.60. The first-order chi connectivity index (χ1) is 8.97. The van der Waals surface area contributed by atoms with Gasteiger partial charge in [0.15, 0.2) is 0 Å². The third kappa shape index (κ3) is 2.96. The van der Waals surface area contributed by atoms with Crippen LogP contribution in [0, 0.1) is 26.7 Å². The Kier molecular flexibility index (Phi) is 3.60. The number of carbonyl (C=O) groups excluding carboxylic acids is 1. The lowest BCUT2D eigenvalue weighted by Crippen LogP contribution is -2.14. The summed E-state index contributed by atoms with van der Waals surface area (Å²) in [7, 11) is 0. The SMILES string of the molecule is Cc1cc(C)c(NC(=O)c2ccnc(F)c2)c(C)c1. The number of pyridine rings is 1. The van der Waals surface area contributed by atoms with Gasteiger partial charge in [-0.1, -0.05) is 17.7 Å². The number of halogens is 1. The van der Waals surface area contributed by atoms with Crippen LogP contribution in [0.2, 0.25) is 0 Å². The Morgan fingerprint density at radius 3 is 2.37 bits per heavy atom. The fourth-order valence-corrected chi connectivity index (χ4v) is 2.11. The van der Waals surface area contributed by atoms with Gasteiger partial charge in [-0.25, -0.2) is 4.98 Å². The summed E-state index contributed by atoms with van der Waals surface area (Å²) in [6.45, 7) is 5.87. The predicted molar refractivity (Wildman–Crippen MR) is 72.8 cm³/mol. The van der Waals surface area contributed by atoms with E-state index >= 15 is 0 Å². The van der Waals surface area contributed by atoms with Crippen molar-refractivity contribution in [1.29, 1.82) is 0 Å². The van der Waals surface area contributed by atoms with Crippen molar-refractivity contribution < 1.29 is 9.18 Å². The molecule has 0 radical (unpaired) electrons. The van der Waals surface area contributed by atoms with E-state index in [-0.39, 0.29) is 11.5 Å². The normalized spacial score (nSPS) is 10.3. The predicted octanol–water partition coefficient (Wildman–Crippen LogP) is 3.40. The molecule has 0 aliphatic rings. The Morgan fingerprint density at radius 2 is 1.79 bits per heavy atom. The van der Waals surface area contributed by atoms with Crippen molar-refractivity contribution in [3.63, 3.8) is 0 Å². The summed E-state index contributed by atoms with van der Waals surface area (Å²) in [4.78, 5) is 15.5. The van der Waals surface area contributed by atoms with Gasteiger partial charge in [0, 0.05) is 23.5 Å². The van der Waals surface area contributed by atoms with Gasteiger partial charge in [0.1, 0.15) is 0 Å². The van der Waals surface area contributed by atoms with Crippen molar-refractivity contribution in [2.75, 3.05) is 5.32 Å². The summed E-state index contributed by atoms with van der Waals surface area (Å²) in [5.41, 5.74) is 4.14. The number of hydrogen-bond acceptors (Lipinski definition) is 2. The zero-order valence-corrected chi connectivity index (χ0v) is 11.1. The van der Waals surface area contributed by atoms with Gasteiger partial charge >= 0.3 is 0 Å². The Bertz CT molecular complexity index is 615. The highest BCUT2D eigenvalue weighted by Crippen LogP contribution is 2.22. The minimum absolute atomic E-state index is 0.256. The van der Waals surface area contributed by atoms with Gasteiger partial charge in [-0.15, -0.1) is 0 Å². The molecule has 1 N–H and O–H groups in total. The van der Waals surface area contributed by atoms with E-state index < -0.39 is 5.95 Å². The van der Waals surface area contributed by atoms with Crippen LogP contribution in [0.5, 0.6) is 0 Å². The lowest BCUT2D eigenvalue weighted by molar-refractivity contribution is 0.102. The molecule has 1 heterocycles. The third-order valence-electron chi connectivity index (χ3n) is 2.90. The summed E-state index contributed by atoms with van der Waals surface area (Å²) < 4.78 is 13.0. The molecule has 1 aromatic carbocycles. The Morgan fingerprint density at radius 1 is 1.16 bits per heavy atom. The number of nitrogens with one attached hydrogen (secondary N) is 1. The number of carbonyl (C=O) groups is 1. The largest absolute Gasteiger partial charge is 0.321 e. The number of aromatic nitrogens is 1. The summed E-state index contributed by atoms with van der Waals surface area (Å²) in [5.74, 6) is -0.999. The molecule has 0 atom stereocenters. The molecule has 0 aliphatic carbocycles. The molecule has 3 nitrogen and oxygen atoms in total. The lowest BCUT2D eigenvalue weighted by Gasteiger charge is -2.12. The highest BCUT2D eigenvalue weighted by Gasteiger charge is 2.11. The first kappa shape index (κ1) is 13.2. The van der Waals surface area contributed by atoms with Crippen LogP contribution in [0.3, 0.4) is 0 Å². The number of aryl methyl sites for hydroxylation is 3. The number of anilines is 1. The number of hydrogen-bond donors (Lipinski definition) is 1. The van der Waals surface area contributed by atoms with Gasteiger partial charge < -0.3 is 5.32 Å². The molecule has 1 aromatic heterocycles. The van der Waals surface area contributed by atoms with Gasteiger partial charge in [-0.3, -0.25) is 4.79 Å². The molecule has 0 saturated carbocycles. The maximum absolute atomic E-state index is 13.0. The third-order valence-corrected chi connectivity index (χ3v) is 2.90. The highest BCUT2D eigenvalue weighted by atomic mass is 19.1. The van der Waals surface area contributed by atoms with E-state index in [0.717, 1.165) is 28.4 Å². The van der Waals surface area contributed by atoms with Crippen LogP contribution < -0.4 is 5.32 Å². The van der Waals surface area contributed by atoms with E-state index in [4.69, 9.17) is 0 Å². The standard InChI is InChI=1S/C15H15FN2O/c1-9-6-10(2)14(11(3)7-9)18-15(19)12-4-5-17-13(16)8-12/h4-8H,1-3H3,(H,18,19). The fraction of sp³-hybridized carbons (Fsp3) is 0.200. The van der Waals surface area contributed by atoms with Gasteiger partial charge in [0.05, 0.1) is 0 Å². The van der Waals surface area contributed by atoms with Crippen LogP contribution in [-0.2, 0) is 0 Å². The van der Waals surface area contributed by atoms with Crippen LogP contribution in [-0.4, -0.2) is 10.9 Å². The van der Waals surface area contributed by atoms with E-state index in [1.165, 1.54) is 12.3 Å². The summed E-state index contributed by atoms with van der Waals surface area (Å²) in [6.07, 6.45) is 1.28. The molecule has 0 saturated heterocycles. The van der Waals surface area contributed by atoms with Gasteiger partial charge in [-0.05, 0) is 38.0 Å². The zero-order chi connectivity index (χ0) is 14.0. The van der Waals surface area contributed by atoms with E-state index in [0.29, 0.717) is 0 Å². The minimum Gasteiger partial charge on any atom is -0.321 e. The van der Waals surface area contributed by atoms with Gasteiger partial charge in [0.25, 0.3) is 5.91 Å². The Labute approximate surface area is 111 Å². The average molecular weight is 258 g/mol. The van der Waals surface area contributed by atoms with Crippen molar-refractivity contribution in [3.8, 4) is 0 Å². The zero-order valence-electron chi connectivity index (χ0n) is 11.1. The number of amides is 1. The molecule has 0 aliphatic heterocycles. The molecule has 4 heteroatoms. The molecule has 0 fully saturated rings. The monoisotopic (exact) mass is 258 g/mol. The van der Waals surface area contributed by atoms with E-state index in [2.05, 4.69) is 10.3 Å². The van der Waals surface area contributed by atoms with Crippen LogP contribution in [0.15, 0.2) is 30.5 Å². The molecule has 98 valence electrons. The molecule has 0 bridgehead atoms.